The fraction of sp³-hybridized carbons (Fsp3) is 0.0667. The lowest BCUT2D eigenvalue weighted by molar-refractivity contribution is -0.191. The number of hydrogen-bond acceptors (Lipinski definition) is 6. The van der Waals surface area contributed by atoms with Crippen molar-refractivity contribution < 1.29 is 0 Å². The fourth-order valence-electron chi connectivity index (χ4n) is 2.48. The van der Waals surface area contributed by atoms with E-state index in [1.165, 1.54) is 15.5 Å². The average molecular weight is 282 g/mol. The first kappa shape index (κ1) is 13.7. The van der Waals surface area contributed by atoms with Crippen LogP contribution >= 0.6 is 0 Å². The summed E-state index contributed by atoms with van der Waals surface area (Å²) in [5.74, 6) is 17.9. The molecular weight excluding hydrogens is 264 g/mol. The molecule has 0 amide bonds. The van der Waals surface area contributed by atoms with E-state index in [1.807, 2.05) is 60.7 Å². The molecule has 0 spiro atoms. The van der Waals surface area contributed by atoms with Gasteiger partial charge in [0.1, 0.15) is 0 Å². The molecule has 6 heteroatoms. The molecule has 0 aliphatic carbocycles. The molecule has 3 rings (SSSR count). The van der Waals surface area contributed by atoms with E-state index in [9.17, 15) is 0 Å². The van der Waals surface area contributed by atoms with E-state index in [0.717, 1.165) is 16.7 Å². The Morgan fingerprint density at radius 2 is 1.33 bits per heavy atom. The molecule has 21 heavy (non-hydrogen) atoms. The highest BCUT2D eigenvalue weighted by atomic mass is 16.1. The maximum atomic E-state index is 6.14. The second-order valence-electron chi connectivity index (χ2n) is 4.84. The molecule has 0 aromatic heterocycles. The van der Waals surface area contributed by atoms with Crippen molar-refractivity contribution in [2.24, 2.45) is 17.5 Å². The van der Waals surface area contributed by atoms with Crippen molar-refractivity contribution >= 4 is 5.57 Å². The zero-order chi connectivity index (χ0) is 14.8. The largest absolute Gasteiger partial charge is 0.251 e. The minimum atomic E-state index is -0.210. The van der Waals surface area contributed by atoms with Crippen LogP contribution in [0, 0.1) is 0 Å². The van der Waals surface area contributed by atoms with E-state index < -0.39 is 0 Å². The minimum Gasteiger partial charge on any atom is -0.251 e. The molecule has 0 fully saturated rings. The highest BCUT2D eigenvalue weighted by molar-refractivity contribution is 5.71. The molecule has 6 N–H and O–H groups in total. The van der Waals surface area contributed by atoms with Gasteiger partial charge >= 0.3 is 0 Å². The molecule has 2 aromatic rings. The van der Waals surface area contributed by atoms with E-state index in [1.54, 1.807) is 6.20 Å². The van der Waals surface area contributed by atoms with Gasteiger partial charge in [0.05, 0.1) is 6.04 Å². The Morgan fingerprint density at radius 3 is 1.95 bits per heavy atom. The first-order valence-corrected chi connectivity index (χ1v) is 6.63. The predicted octanol–water partition coefficient (Wildman–Crippen LogP) is 1.14. The van der Waals surface area contributed by atoms with Crippen LogP contribution in [0.1, 0.15) is 17.2 Å². The first-order chi connectivity index (χ1) is 10.2. The van der Waals surface area contributed by atoms with Crippen molar-refractivity contribution in [3.8, 4) is 0 Å². The molecule has 2 aromatic carbocycles. The first-order valence-electron chi connectivity index (χ1n) is 6.63. The van der Waals surface area contributed by atoms with E-state index in [4.69, 9.17) is 17.5 Å². The molecule has 0 saturated carbocycles. The Bertz CT molecular complexity index is 627. The molecule has 1 aliphatic rings. The Balaban J connectivity index is 2.11. The van der Waals surface area contributed by atoms with Crippen molar-refractivity contribution in [2.75, 3.05) is 0 Å². The highest BCUT2D eigenvalue weighted by Gasteiger charge is 2.32. The van der Waals surface area contributed by atoms with Gasteiger partial charge in [-0.05, 0) is 11.1 Å². The Kier molecular flexibility index (Phi) is 3.70. The summed E-state index contributed by atoms with van der Waals surface area (Å²) in [6.07, 6.45) is 1.79. The van der Waals surface area contributed by atoms with Crippen LogP contribution < -0.4 is 17.5 Å². The minimum absolute atomic E-state index is 0.210. The van der Waals surface area contributed by atoms with Gasteiger partial charge in [-0.2, -0.15) is 0 Å². The second kappa shape index (κ2) is 5.65. The summed E-state index contributed by atoms with van der Waals surface area (Å²) in [5, 5.41) is 3.86. The van der Waals surface area contributed by atoms with E-state index in [0.29, 0.717) is 0 Å². The van der Waals surface area contributed by atoms with Gasteiger partial charge < -0.3 is 0 Å². The van der Waals surface area contributed by atoms with Crippen molar-refractivity contribution in [3.05, 3.63) is 78.0 Å². The van der Waals surface area contributed by atoms with E-state index >= 15 is 0 Å². The Labute approximate surface area is 123 Å². The summed E-state index contributed by atoms with van der Waals surface area (Å²) < 4.78 is 0. The van der Waals surface area contributed by atoms with Crippen LogP contribution in [-0.2, 0) is 0 Å². The van der Waals surface area contributed by atoms with Gasteiger partial charge in [-0.25, -0.2) is 16.8 Å². The number of nitrogens with zero attached hydrogens (tertiary/aromatic N) is 3. The van der Waals surface area contributed by atoms with Crippen LogP contribution in [0.5, 0.6) is 0 Å². The monoisotopic (exact) mass is 282 g/mol. The Morgan fingerprint density at radius 1 is 0.762 bits per heavy atom. The lowest BCUT2D eigenvalue weighted by Gasteiger charge is -2.43. The Hall–Kier alpha value is -2.22. The summed E-state index contributed by atoms with van der Waals surface area (Å²) in [6.45, 7) is 0. The molecule has 1 atom stereocenters. The SMILES string of the molecule is NN1C=C(c2ccccc2)C(c2ccccc2)N(N)N1N. The third-order valence-electron chi connectivity index (χ3n) is 3.53. The summed E-state index contributed by atoms with van der Waals surface area (Å²) in [4.78, 5) is 0. The molecule has 108 valence electrons. The van der Waals surface area contributed by atoms with Crippen molar-refractivity contribution in [2.45, 2.75) is 6.04 Å². The van der Waals surface area contributed by atoms with Gasteiger partial charge in [0, 0.05) is 11.8 Å². The molecule has 1 aliphatic heterocycles. The zero-order valence-electron chi connectivity index (χ0n) is 11.5. The van der Waals surface area contributed by atoms with Crippen LogP contribution in [0.25, 0.3) is 5.57 Å². The van der Waals surface area contributed by atoms with Crippen LogP contribution in [0.4, 0.5) is 0 Å². The third kappa shape index (κ3) is 2.54. The molecular formula is C15H18N6. The molecule has 1 heterocycles. The van der Waals surface area contributed by atoms with Gasteiger partial charge in [-0.15, -0.1) is 5.12 Å². The summed E-state index contributed by atoms with van der Waals surface area (Å²) in [7, 11) is 0. The average Bonchev–Trinajstić information content (AvgIpc) is 2.54. The van der Waals surface area contributed by atoms with Crippen molar-refractivity contribution in [1.82, 2.24) is 15.5 Å². The normalized spacial score (nSPS) is 20.4. The standard InChI is InChI=1S/C15H18N6/c16-19-11-14(12-7-3-1-4-8-12)15(20(17)21(19)18)13-9-5-2-6-10-13/h1-11,15H,16-18H2. The quantitative estimate of drug-likeness (QED) is 0.716. The van der Waals surface area contributed by atoms with Gasteiger partial charge in [0.25, 0.3) is 0 Å². The lowest BCUT2D eigenvalue weighted by atomic mass is 9.93. The zero-order valence-corrected chi connectivity index (χ0v) is 11.5. The van der Waals surface area contributed by atoms with Crippen LogP contribution in [-0.4, -0.2) is 15.5 Å². The maximum Gasteiger partial charge on any atom is 0.0953 e. The van der Waals surface area contributed by atoms with Crippen LogP contribution in [0.2, 0.25) is 0 Å². The van der Waals surface area contributed by atoms with Gasteiger partial charge in [-0.3, -0.25) is 5.84 Å². The molecule has 0 bridgehead atoms. The van der Waals surface area contributed by atoms with Crippen molar-refractivity contribution in [1.29, 1.82) is 0 Å². The van der Waals surface area contributed by atoms with Crippen molar-refractivity contribution in [3.63, 3.8) is 0 Å². The van der Waals surface area contributed by atoms with Crippen LogP contribution in [0.3, 0.4) is 0 Å². The molecule has 0 radical (unpaired) electrons. The predicted molar refractivity (Wildman–Crippen MR) is 81.7 cm³/mol. The third-order valence-corrected chi connectivity index (χ3v) is 3.53. The molecule has 1 unspecified atom stereocenters. The summed E-state index contributed by atoms with van der Waals surface area (Å²) >= 11 is 0. The number of hydrazine groups is 5. The van der Waals surface area contributed by atoms with Gasteiger partial charge in [0.2, 0.25) is 0 Å². The number of nitrogens with two attached hydrogens (primary N) is 3. The lowest BCUT2D eigenvalue weighted by Crippen LogP contribution is -2.64. The second-order valence-corrected chi connectivity index (χ2v) is 4.84. The molecule has 0 saturated heterocycles. The molecule has 6 nitrogen and oxygen atoms in total. The van der Waals surface area contributed by atoms with E-state index in [2.05, 4.69) is 0 Å². The van der Waals surface area contributed by atoms with Crippen LogP contribution in [0.15, 0.2) is 66.9 Å². The van der Waals surface area contributed by atoms with Gasteiger partial charge in [-0.1, -0.05) is 65.9 Å². The summed E-state index contributed by atoms with van der Waals surface area (Å²) in [5.41, 5.74) is 3.07. The smallest absolute Gasteiger partial charge is 0.0953 e. The topological polar surface area (TPSA) is 87.8 Å². The van der Waals surface area contributed by atoms with Gasteiger partial charge in [0.15, 0.2) is 0 Å². The van der Waals surface area contributed by atoms with E-state index in [-0.39, 0.29) is 6.04 Å². The maximum absolute atomic E-state index is 6.14. The summed E-state index contributed by atoms with van der Waals surface area (Å²) in [6, 6.07) is 19.7. The number of hydrogen-bond donors (Lipinski definition) is 3. The number of benzene rings is 2. The fourth-order valence-corrected chi connectivity index (χ4v) is 2.48. The highest BCUT2D eigenvalue weighted by Crippen LogP contribution is 2.36. The number of rotatable bonds is 2.